The molecule has 0 radical (unpaired) electrons. The maximum absolute atomic E-state index is 11.5. The van der Waals surface area contributed by atoms with Gasteiger partial charge in [-0.2, -0.15) is 0 Å². The number of carbonyl (C=O) groups excluding carboxylic acids is 1. The second-order valence-corrected chi connectivity index (χ2v) is 6.16. The number of anilines is 2. The molecular weight excluding hydrogens is 328 g/mol. The lowest BCUT2D eigenvalue weighted by Crippen LogP contribution is -2.25. The van der Waals surface area contributed by atoms with Crippen molar-refractivity contribution in [2.75, 3.05) is 16.8 Å². The van der Waals surface area contributed by atoms with E-state index in [1.807, 2.05) is 29.2 Å². The number of rotatable bonds is 3. The fourth-order valence-electron chi connectivity index (χ4n) is 2.69. The number of amides is 1. The Morgan fingerprint density at radius 1 is 1.29 bits per heavy atom. The molecule has 3 nitrogen and oxygen atoms in total. The minimum Gasteiger partial charge on any atom is -0.381 e. The number of benzene rings is 2. The molecule has 0 fully saturated rings. The first-order valence-electron chi connectivity index (χ1n) is 7.03. The monoisotopic (exact) mass is 344 g/mol. The lowest BCUT2D eigenvalue weighted by molar-refractivity contribution is -0.116. The highest BCUT2D eigenvalue weighted by atomic mass is 79.9. The molecule has 0 bridgehead atoms. The molecule has 0 saturated heterocycles. The Morgan fingerprint density at radius 2 is 2.14 bits per heavy atom. The van der Waals surface area contributed by atoms with E-state index >= 15 is 0 Å². The number of hydrogen-bond donors (Lipinski definition) is 1. The molecule has 1 amide bonds. The molecule has 108 valence electrons. The van der Waals surface area contributed by atoms with E-state index < -0.39 is 0 Å². The highest BCUT2D eigenvalue weighted by Gasteiger charge is 2.21. The Labute approximate surface area is 133 Å². The molecular formula is C17H17BrN2O. The van der Waals surface area contributed by atoms with Gasteiger partial charge >= 0.3 is 0 Å². The smallest absolute Gasteiger partial charge is 0.223 e. The molecule has 2 aromatic rings. The first-order valence-corrected chi connectivity index (χ1v) is 7.82. The van der Waals surface area contributed by atoms with Crippen LogP contribution < -0.4 is 10.2 Å². The SMILES string of the molecule is CC(=O)N1CCc2cc(NCc3cccc(Br)c3)ccc21. The summed E-state index contributed by atoms with van der Waals surface area (Å²) in [6.07, 6.45) is 0.932. The molecule has 21 heavy (non-hydrogen) atoms. The first kappa shape index (κ1) is 14.1. The highest BCUT2D eigenvalue weighted by Crippen LogP contribution is 2.30. The molecule has 0 spiro atoms. The number of carbonyl (C=O) groups is 1. The van der Waals surface area contributed by atoms with Crippen molar-refractivity contribution in [1.82, 2.24) is 0 Å². The maximum Gasteiger partial charge on any atom is 0.223 e. The van der Waals surface area contributed by atoms with Crippen LogP contribution in [0.5, 0.6) is 0 Å². The van der Waals surface area contributed by atoms with E-state index in [-0.39, 0.29) is 5.91 Å². The van der Waals surface area contributed by atoms with Crippen LogP contribution in [0.1, 0.15) is 18.1 Å². The summed E-state index contributed by atoms with van der Waals surface area (Å²) in [4.78, 5) is 13.4. The van der Waals surface area contributed by atoms with Crippen LogP contribution in [0.3, 0.4) is 0 Å². The zero-order valence-corrected chi connectivity index (χ0v) is 13.5. The Hall–Kier alpha value is -1.81. The predicted octanol–water partition coefficient (Wildman–Crippen LogP) is 3.97. The van der Waals surface area contributed by atoms with Gasteiger partial charge in [0.15, 0.2) is 0 Å². The van der Waals surface area contributed by atoms with Crippen molar-refractivity contribution in [3.8, 4) is 0 Å². The lowest BCUT2D eigenvalue weighted by Gasteiger charge is -2.15. The van der Waals surface area contributed by atoms with Crippen molar-refractivity contribution < 1.29 is 4.79 Å². The van der Waals surface area contributed by atoms with Crippen molar-refractivity contribution >= 4 is 33.2 Å². The zero-order chi connectivity index (χ0) is 14.8. The van der Waals surface area contributed by atoms with Crippen LogP contribution in [0.2, 0.25) is 0 Å². The van der Waals surface area contributed by atoms with E-state index in [2.05, 4.69) is 39.4 Å². The summed E-state index contributed by atoms with van der Waals surface area (Å²) in [5.41, 5.74) is 4.62. The van der Waals surface area contributed by atoms with Crippen molar-refractivity contribution in [2.24, 2.45) is 0 Å². The van der Waals surface area contributed by atoms with E-state index in [9.17, 15) is 4.79 Å². The van der Waals surface area contributed by atoms with Crippen LogP contribution in [-0.4, -0.2) is 12.5 Å². The average molecular weight is 345 g/mol. The molecule has 1 N–H and O–H groups in total. The Kier molecular flexibility index (Phi) is 3.97. The summed E-state index contributed by atoms with van der Waals surface area (Å²) in [6.45, 7) is 3.20. The van der Waals surface area contributed by atoms with E-state index in [4.69, 9.17) is 0 Å². The van der Waals surface area contributed by atoms with Gasteiger partial charge in [-0.25, -0.2) is 0 Å². The van der Waals surface area contributed by atoms with Crippen molar-refractivity contribution in [3.05, 3.63) is 58.1 Å². The number of hydrogen-bond acceptors (Lipinski definition) is 2. The van der Waals surface area contributed by atoms with Crippen LogP contribution in [0.25, 0.3) is 0 Å². The Balaban J connectivity index is 1.72. The van der Waals surface area contributed by atoms with Gasteiger partial charge in [-0.05, 0) is 47.9 Å². The number of nitrogens with zero attached hydrogens (tertiary/aromatic N) is 1. The molecule has 0 atom stereocenters. The van der Waals surface area contributed by atoms with E-state index in [1.165, 1.54) is 11.1 Å². The Morgan fingerprint density at radius 3 is 2.90 bits per heavy atom. The minimum absolute atomic E-state index is 0.114. The van der Waals surface area contributed by atoms with Gasteiger partial charge in [0.2, 0.25) is 5.91 Å². The first-order chi connectivity index (χ1) is 10.1. The molecule has 1 aliphatic rings. The Bertz CT molecular complexity index is 684. The molecule has 1 aliphatic heterocycles. The lowest BCUT2D eigenvalue weighted by atomic mass is 10.1. The quantitative estimate of drug-likeness (QED) is 0.913. The second kappa shape index (κ2) is 5.90. The normalized spacial score (nSPS) is 13.1. The topological polar surface area (TPSA) is 32.3 Å². The minimum atomic E-state index is 0.114. The van der Waals surface area contributed by atoms with Crippen LogP contribution in [0, 0.1) is 0 Å². The van der Waals surface area contributed by atoms with Gasteiger partial charge in [-0.1, -0.05) is 28.1 Å². The summed E-state index contributed by atoms with van der Waals surface area (Å²) in [5.74, 6) is 0.114. The maximum atomic E-state index is 11.5. The average Bonchev–Trinajstić information content (AvgIpc) is 2.88. The van der Waals surface area contributed by atoms with Gasteiger partial charge in [0.25, 0.3) is 0 Å². The largest absolute Gasteiger partial charge is 0.381 e. The highest BCUT2D eigenvalue weighted by molar-refractivity contribution is 9.10. The fraction of sp³-hybridized carbons (Fsp3) is 0.235. The summed E-state index contributed by atoms with van der Waals surface area (Å²) >= 11 is 3.48. The van der Waals surface area contributed by atoms with Crippen LogP contribution >= 0.6 is 15.9 Å². The summed E-state index contributed by atoms with van der Waals surface area (Å²) in [7, 11) is 0. The predicted molar refractivity (Wildman–Crippen MR) is 89.6 cm³/mol. The van der Waals surface area contributed by atoms with Crippen LogP contribution in [0.4, 0.5) is 11.4 Å². The van der Waals surface area contributed by atoms with E-state index in [0.717, 1.165) is 35.4 Å². The molecule has 3 rings (SSSR count). The summed E-state index contributed by atoms with van der Waals surface area (Å²) in [6, 6.07) is 14.5. The van der Waals surface area contributed by atoms with E-state index in [0.29, 0.717) is 0 Å². The van der Waals surface area contributed by atoms with Crippen LogP contribution in [-0.2, 0) is 17.8 Å². The van der Waals surface area contributed by atoms with Gasteiger partial charge < -0.3 is 10.2 Å². The van der Waals surface area contributed by atoms with Crippen molar-refractivity contribution in [1.29, 1.82) is 0 Å². The molecule has 2 aromatic carbocycles. The van der Waals surface area contributed by atoms with E-state index in [1.54, 1.807) is 6.92 Å². The molecule has 0 aromatic heterocycles. The molecule has 0 saturated carbocycles. The van der Waals surface area contributed by atoms with Gasteiger partial charge in [0, 0.05) is 35.9 Å². The number of halogens is 1. The van der Waals surface area contributed by atoms with Gasteiger partial charge in [0.05, 0.1) is 0 Å². The standard InChI is InChI=1S/C17H17BrN2O/c1-12(21)20-8-7-14-10-16(5-6-17(14)20)19-11-13-3-2-4-15(18)9-13/h2-6,9-10,19H,7-8,11H2,1H3. The fourth-order valence-corrected chi connectivity index (χ4v) is 3.14. The summed E-state index contributed by atoms with van der Waals surface area (Å²) < 4.78 is 1.09. The number of fused-ring (bicyclic) bond motifs is 1. The zero-order valence-electron chi connectivity index (χ0n) is 11.9. The van der Waals surface area contributed by atoms with Crippen molar-refractivity contribution in [2.45, 2.75) is 19.9 Å². The van der Waals surface area contributed by atoms with Crippen molar-refractivity contribution in [3.63, 3.8) is 0 Å². The molecule has 0 aliphatic carbocycles. The third-order valence-corrected chi connectivity index (χ3v) is 4.23. The third kappa shape index (κ3) is 3.10. The van der Waals surface area contributed by atoms with Crippen LogP contribution in [0.15, 0.2) is 46.9 Å². The van der Waals surface area contributed by atoms with Gasteiger partial charge in [-0.15, -0.1) is 0 Å². The molecule has 0 unspecified atom stereocenters. The molecule has 1 heterocycles. The van der Waals surface area contributed by atoms with Gasteiger partial charge in [0.1, 0.15) is 0 Å². The molecule has 4 heteroatoms. The second-order valence-electron chi connectivity index (χ2n) is 5.25. The third-order valence-electron chi connectivity index (χ3n) is 3.74. The number of nitrogens with one attached hydrogen (secondary N) is 1. The summed E-state index contributed by atoms with van der Waals surface area (Å²) in [5, 5.41) is 3.44. The van der Waals surface area contributed by atoms with Gasteiger partial charge in [-0.3, -0.25) is 4.79 Å².